The topological polar surface area (TPSA) is 84.3 Å². The van der Waals surface area contributed by atoms with Gasteiger partial charge in [-0.05, 0) is 19.4 Å². The number of nitrogens with one attached hydrogen (secondary N) is 1. The molecule has 5 heteroatoms. The highest BCUT2D eigenvalue weighted by atomic mass is 32.1. The second-order valence-corrected chi connectivity index (χ2v) is 1.99. The zero-order valence-electron chi connectivity index (χ0n) is 5.76. The summed E-state index contributed by atoms with van der Waals surface area (Å²) < 4.78 is 0. The van der Waals surface area contributed by atoms with Gasteiger partial charge in [-0.15, -0.1) is 0 Å². The maximum absolute atomic E-state index is 10.1. The van der Waals surface area contributed by atoms with Gasteiger partial charge in [0.15, 0.2) is 0 Å². The smallest absolute Gasteiger partial charge is 0.320 e. The molecule has 1 saturated heterocycles. The maximum Gasteiger partial charge on any atom is 0.320 e. The van der Waals surface area contributed by atoms with E-state index in [4.69, 9.17) is 5.11 Å². The number of hydrogen-bond acceptors (Lipinski definition) is 3. The second-order valence-electron chi connectivity index (χ2n) is 1.99. The molecule has 0 radical (unpaired) electrons. The minimum Gasteiger partial charge on any atom is -0.480 e. The lowest BCUT2D eigenvalue weighted by Crippen LogP contribution is -2.29. The van der Waals surface area contributed by atoms with Crippen LogP contribution in [-0.2, 0) is 4.79 Å². The third-order valence-corrected chi connectivity index (χ3v) is 1.36. The van der Waals surface area contributed by atoms with Gasteiger partial charge in [-0.2, -0.15) is 13.5 Å². The van der Waals surface area contributed by atoms with Crippen LogP contribution >= 0.6 is 13.5 Å². The fraction of sp³-hybridized carbons (Fsp3) is 0.800. The van der Waals surface area contributed by atoms with E-state index in [0.717, 1.165) is 19.4 Å². The summed E-state index contributed by atoms with van der Waals surface area (Å²) in [4.78, 5) is 10.1. The molecule has 0 aromatic rings. The Balaban J connectivity index is 0. The molecule has 62 valence electrons. The lowest BCUT2D eigenvalue weighted by Gasteiger charge is -1.99. The van der Waals surface area contributed by atoms with Crippen LogP contribution in [0.2, 0.25) is 0 Å². The summed E-state index contributed by atoms with van der Waals surface area (Å²) >= 11 is 0. The van der Waals surface area contributed by atoms with E-state index in [1.807, 2.05) is 0 Å². The van der Waals surface area contributed by atoms with Gasteiger partial charge in [0.1, 0.15) is 6.04 Å². The highest BCUT2D eigenvalue weighted by Crippen LogP contribution is 2.03. The van der Waals surface area contributed by atoms with E-state index in [2.05, 4.69) is 5.32 Å². The number of carbonyl (C=O) groups is 1. The molecule has 0 aromatic carbocycles. The third kappa shape index (κ3) is 3.05. The van der Waals surface area contributed by atoms with Crippen molar-refractivity contribution in [3.8, 4) is 0 Å². The number of carboxylic acid groups (broad SMARTS) is 1. The first-order valence-corrected chi connectivity index (χ1v) is 2.77. The molecular weight excluding hydrogens is 152 g/mol. The van der Waals surface area contributed by atoms with Gasteiger partial charge in [0.2, 0.25) is 0 Å². The molecule has 0 amide bonds. The molecule has 0 saturated carbocycles. The van der Waals surface area contributed by atoms with Crippen molar-refractivity contribution in [1.29, 1.82) is 0 Å². The lowest BCUT2D eigenvalue weighted by atomic mass is 10.2. The average Bonchev–Trinajstić information content (AvgIpc) is 2.12. The minimum absolute atomic E-state index is 0. The van der Waals surface area contributed by atoms with Crippen LogP contribution in [0.1, 0.15) is 12.8 Å². The van der Waals surface area contributed by atoms with Crippen molar-refractivity contribution < 1.29 is 9.90 Å². The van der Waals surface area contributed by atoms with E-state index < -0.39 is 5.97 Å². The molecule has 1 heterocycles. The van der Waals surface area contributed by atoms with Crippen LogP contribution in [0.5, 0.6) is 0 Å². The first kappa shape index (κ1) is 12.4. The fourth-order valence-electron chi connectivity index (χ4n) is 0.895. The Labute approximate surface area is 67.0 Å². The van der Waals surface area contributed by atoms with E-state index in [1.54, 1.807) is 0 Å². The van der Waals surface area contributed by atoms with Crippen LogP contribution in [0.15, 0.2) is 0 Å². The molecule has 1 aliphatic heterocycles. The fourth-order valence-corrected chi connectivity index (χ4v) is 0.895. The molecule has 0 bridgehead atoms. The first-order valence-electron chi connectivity index (χ1n) is 2.77. The van der Waals surface area contributed by atoms with E-state index >= 15 is 0 Å². The molecule has 4 nitrogen and oxygen atoms in total. The van der Waals surface area contributed by atoms with Crippen molar-refractivity contribution in [1.82, 2.24) is 11.5 Å². The Hall–Kier alpha value is -0.260. The Bertz CT molecular complexity index is 104. The van der Waals surface area contributed by atoms with Crippen molar-refractivity contribution in [2.24, 2.45) is 0 Å². The second kappa shape index (κ2) is 5.52. The van der Waals surface area contributed by atoms with Crippen molar-refractivity contribution in [3.05, 3.63) is 0 Å². The van der Waals surface area contributed by atoms with Gasteiger partial charge in [0.25, 0.3) is 0 Å². The van der Waals surface area contributed by atoms with Gasteiger partial charge < -0.3 is 16.6 Å². The molecule has 1 rings (SSSR count). The summed E-state index contributed by atoms with van der Waals surface area (Å²) in [6.45, 7) is 0.858. The quantitative estimate of drug-likeness (QED) is 0.515. The summed E-state index contributed by atoms with van der Waals surface area (Å²) in [6.07, 6.45) is 1.78. The zero-order valence-corrected chi connectivity index (χ0v) is 6.76. The first-order chi connectivity index (χ1) is 3.80. The monoisotopic (exact) mass is 166 g/mol. The number of hydrogen-bond donors (Lipinski definition) is 3. The number of rotatable bonds is 1. The number of aliphatic carboxylic acids is 1. The van der Waals surface area contributed by atoms with Crippen molar-refractivity contribution in [3.63, 3.8) is 0 Å². The molecule has 1 fully saturated rings. The zero-order chi connectivity index (χ0) is 5.98. The Morgan fingerprint density at radius 2 is 2.20 bits per heavy atom. The largest absolute Gasteiger partial charge is 0.480 e. The predicted octanol–water partition coefficient (Wildman–Crippen LogP) is 0.0978. The Morgan fingerprint density at radius 1 is 1.60 bits per heavy atom. The van der Waals surface area contributed by atoms with E-state index in [-0.39, 0.29) is 25.7 Å². The highest BCUT2D eigenvalue weighted by Gasteiger charge is 2.20. The lowest BCUT2D eigenvalue weighted by molar-refractivity contribution is -0.139. The Morgan fingerprint density at radius 3 is 2.40 bits per heavy atom. The molecule has 10 heavy (non-hydrogen) atoms. The van der Waals surface area contributed by atoms with Crippen LogP contribution < -0.4 is 11.5 Å². The van der Waals surface area contributed by atoms with E-state index in [9.17, 15) is 4.79 Å². The van der Waals surface area contributed by atoms with Gasteiger partial charge in [-0.3, -0.25) is 4.79 Å². The van der Waals surface area contributed by atoms with E-state index in [1.165, 1.54) is 0 Å². The van der Waals surface area contributed by atoms with Crippen LogP contribution in [0.4, 0.5) is 0 Å². The van der Waals surface area contributed by atoms with Crippen molar-refractivity contribution in [2.75, 3.05) is 6.54 Å². The summed E-state index contributed by atoms with van der Waals surface area (Å²) in [5.41, 5.74) is 0. The molecule has 0 aliphatic carbocycles. The summed E-state index contributed by atoms with van der Waals surface area (Å²) in [5.74, 6) is -0.720. The summed E-state index contributed by atoms with van der Waals surface area (Å²) in [6, 6.07) is -0.269. The summed E-state index contributed by atoms with van der Waals surface area (Å²) in [7, 11) is 0. The average molecular weight is 166 g/mol. The predicted molar refractivity (Wildman–Crippen MR) is 44.1 cm³/mol. The summed E-state index contributed by atoms with van der Waals surface area (Å²) in [5, 5.41) is 11.2. The van der Waals surface area contributed by atoms with Crippen molar-refractivity contribution in [2.45, 2.75) is 18.9 Å². The van der Waals surface area contributed by atoms with Gasteiger partial charge in [0, 0.05) is 0 Å². The van der Waals surface area contributed by atoms with Gasteiger partial charge in [-0.25, -0.2) is 0 Å². The SMILES string of the molecule is N.O=C(O)[C@@H]1CCCN1.S. The van der Waals surface area contributed by atoms with Crippen molar-refractivity contribution >= 4 is 19.5 Å². The maximum atomic E-state index is 10.1. The van der Waals surface area contributed by atoms with Gasteiger partial charge in [-0.1, -0.05) is 0 Å². The van der Waals surface area contributed by atoms with Crippen LogP contribution in [0.25, 0.3) is 0 Å². The minimum atomic E-state index is -0.720. The molecule has 0 unspecified atom stereocenters. The van der Waals surface area contributed by atoms with Gasteiger partial charge in [0.05, 0.1) is 0 Å². The molecule has 0 aromatic heterocycles. The molecule has 5 N–H and O–H groups in total. The van der Waals surface area contributed by atoms with Crippen LogP contribution in [0.3, 0.4) is 0 Å². The van der Waals surface area contributed by atoms with Crippen LogP contribution in [-0.4, -0.2) is 23.7 Å². The molecule has 1 aliphatic rings. The third-order valence-electron chi connectivity index (χ3n) is 1.36. The standard InChI is InChI=1S/C5H9NO2.H3N.H2S/c7-5(8)4-2-1-3-6-4;;/h4,6H,1-3H2,(H,7,8);1H3;1H2/t4-;;/m0../s1. The Kier molecular flexibility index (Phi) is 6.85. The van der Waals surface area contributed by atoms with Gasteiger partial charge >= 0.3 is 5.97 Å². The molecular formula is C5H14N2O2S. The molecule has 0 spiro atoms. The molecule has 1 atom stereocenters. The number of carboxylic acids is 1. The van der Waals surface area contributed by atoms with E-state index in [0.29, 0.717) is 0 Å². The van der Waals surface area contributed by atoms with Crippen LogP contribution in [0, 0.1) is 0 Å². The highest BCUT2D eigenvalue weighted by molar-refractivity contribution is 7.59. The normalized spacial score (nSPS) is 22.6.